The third-order valence-corrected chi connectivity index (χ3v) is 3.27. The summed E-state index contributed by atoms with van der Waals surface area (Å²) >= 11 is 3.36. The Labute approximate surface area is 103 Å². The number of aryl methyl sites for hydroxylation is 1. The maximum absolute atomic E-state index is 12.0. The number of ether oxygens (including phenoxy) is 1. The Kier molecular flexibility index (Phi) is 3.66. The molecule has 0 aromatic carbocycles. The quantitative estimate of drug-likeness (QED) is 0.780. The summed E-state index contributed by atoms with van der Waals surface area (Å²) in [6.07, 6.45) is 0.0776. The molecule has 1 atom stereocenters. The van der Waals surface area contributed by atoms with Crippen molar-refractivity contribution < 1.29 is 13.9 Å². The summed E-state index contributed by atoms with van der Waals surface area (Å²) in [5.74, 6) is 1.11. The van der Waals surface area contributed by atoms with Gasteiger partial charge >= 0.3 is 0 Å². The van der Waals surface area contributed by atoms with E-state index in [0.717, 1.165) is 11.1 Å². The zero-order chi connectivity index (χ0) is 11.5. The number of hydrogen-bond donors (Lipinski definition) is 0. The molecule has 2 rings (SSSR count). The third kappa shape index (κ3) is 2.47. The first kappa shape index (κ1) is 11.7. The van der Waals surface area contributed by atoms with Crippen LogP contribution < -0.4 is 0 Å². The highest BCUT2D eigenvalue weighted by atomic mass is 79.9. The van der Waals surface area contributed by atoms with Gasteiger partial charge in [-0.2, -0.15) is 0 Å². The topological polar surface area (TPSA) is 42.7 Å². The smallest absolute Gasteiger partial charge is 0.289 e. The molecule has 1 amide bonds. The van der Waals surface area contributed by atoms with Crippen molar-refractivity contribution in [2.45, 2.75) is 13.0 Å². The number of furan rings is 1. The van der Waals surface area contributed by atoms with Gasteiger partial charge in [0, 0.05) is 18.4 Å². The van der Waals surface area contributed by atoms with Crippen molar-refractivity contribution in [2.24, 2.45) is 0 Å². The molecule has 1 aromatic heterocycles. The second kappa shape index (κ2) is 5.01. The van der Waals surface area contributed by atoms with E-state index in [2.05, 4.69) is 15.9 Å². The van der Waals surface area contributed by atoms with Crippen molar-refractivity contribution in [3.63, 3.8) is 0 Å². The van der Waals surface area contributed by atoms with Gasteiger partial charge in [-0.25, -0.2) is 0 Å². The van der Waals surface area contributed by atoms with Crippen molar-refractivity contribution in [1.82, 2.24) is 4.90 Å². The Balaban J connectivity index is 2.04. The van der Waals surface area contributed by atoms with Gasteiger partial charge in [-0.3, -0.25) is 4.79 Å². The maximum Gasteiger partial charge on any atom is 0.289 e. The van der Waals surface area contributed by atoms with Crippen LogP contribution in [0.15, 0.2) is 16.5 Å². The standard InChI is InChI=1S/C11H14BrNO3/c1-8-2-3-10(16-8)11(14)13-4-5-15-9(6-12)7-13/h2-3,9H,4-7H2,1H3. The molecular formula is C11H14BrNO3. The number of rotatable bonds is 2. The van der Waals surface area contributed by atoms with Gasteiger partial charge in [-0.1, -0.05) is 15.9 Å². The molecule has 1 fully saturated rings. The largest absolute Gasteiger partial charge is 0.456 e. The van der Waals surface area contributed by atoms with Crippen molar-refractivity contribution in [1.29, 1.82) is 0 Å². The summed E-state index contributed by atoms with van der Waals surface area (Å²) in [6.45, 7) is 3.66. The molecule has 0 bridgehead atoms. The van der Waals surface area contributed by atoms with Crippen molar-refractivity contribution in [3.05, 3.63) is 23.7 Å². The average Bonchev–Trinajstić information content (AvgIpc) is 2.75. The van der Waals surface area contributed by atoms with Crippen molar-refractivity contribution in [2.75, 3.05) is 25.0 Å². The number of carbonyl (C=O) groups excluding carboxylic acids is 1. The van der Waals surface area contributed by atoms with Crippen LogP contribution in [-0.4, -0.2) is 41.9 Å². The first-order valence-corrected chi connectivity index (χ1v) is 6.36. The molecule has 1 aliphatic heterocycles. The number of amides is 1. The Morgan fingerprint density at radius 3 is 3.06 bits per heavy atom. The number of nitrogens with zero attached hydrogens (tertiary/aromatic N) is 1. The maximum atomic E-state index is 12.0. The van der Waals surface area contributed by atoms with Gasteiger partial charge in [0.25, 0.3) is 5.91 Å². The molecule has 88 valence electrons. The SMILES string of the molecule is Cc1ccc(C(=O)N2CCOC(CBr)C2)o1. The average molecular weight is 288 g/mol. The third-order valence-electron chi connectivity index (χ3n) is 2.55. The van der Waals surface area contributed by atoms with E-state index < -0.39 is 0 Å². The highest BCUT2D eigenvalue weighted by molar-refractivity contribution is 9.09. The van der Waals surface area contributed by atoms with E-state index in [9.17, 15) is 4.79 Å². The molecular weight excluding hydrogens is 274 g/mol. The molecule has 2 heterocycles. The number of carbonyl (C=O) groups is 1. The zero-order valence-corrected chi connectivity index (χ0v) is 10.7. The van der Waals surface area contributed by atoms with Gasteiger partial charge < -0.3 is 14.1 Å². The van der Waals surface area contributed by atoms with Crippen molar-refractivity contribution >= 4 is 21.8 Å². The second-order valence-electron chi connectivity index (χ2n) is 3.81. The van der Waals surface area contributed by atoms with Crippen LogP contribution in [-0.2, 0) is 4.74 Å². The summed E-state index contributed by atoms with van der Waals surface area (Å²) in [5.41, 5.74) is 0. The highest BCUT2D eigenvalue weighted by Crippen LogP contribution is 2.14. The molecule has 4 nitrogen and oxygen atoms in total. The van der Waals surface area contributed by atoms with Crippen LogP contribution in [0.1, 0.15) is 16.3 Å². The lowest BCUT2D eigenvalue weighted by Gasteiger charge is -2.31. The highest BCUT2D eigenvalue weighted by Gasteiger charge is 2.25. The summed E-state index contributed by atoms with van der Waals surface area (Å²) < 4.78 is 10.8. The van der Waals surface area contributed by atoms with Crippen LogP contribution in [0.4, 0.5) is 0 Å². The van der Waals surface area contributed by atoms with E-state index in [0.29, 0.717) is 25.5 Å². The molecule has 0 aliphatic carbocycles. The lowest BCUT2D eigenvalue weighted by Crippen LogP contribution is -2.46. The van der Waals surface area contributed by atoms with E-state index in [1.54, 1.807) is 17.0 Å². The summed E-state index contributed by atoms with van der Waals surface area (Å²) in [4.78, 5) is 13.8. The number of morpholine rings is 1. The van der Waals surface area contributed by atoms with E-state index in [1.165, 1.54) is 0 Å². The summed E-state index contributed by atoms with van der Waals surface area (Å²) in [5, 5.41) is 0.744. The van der Waals surface area contributed by atoms with Gasteiger partial charge in [0.2, 0.25) is 0 Å². The number of hydrogen-bond acceptors (Lipinski definition) is 3. The predicted molar refractivity (Wildman–Crippen MR) is 62.9 cm³/mol. The second-order valence-corrected chi connectivity index (χ2v) is 4.46. The molecule has 5 heteroatoms. The Morgan fingerprint density at radius 1 is 1.62 bits per heavy atom. The Hall–Kier alpha value is -0.810. The van der Waals surface area contributed by atoms with Gasteiger partial charge in [0.15, 0.2) is 5.76 Å². The minimum absolute atomic E-state index is 0.0534. The van der Waals surface area contributed by atoms with Crippen LogP contribution in [0, 0.1) is 6.92 Å². The van der Waals surface area contributed by atoms with Gasteiger partial charge in [-0.05, 0) is 19.1 Å². The first-order chi connectivity index (χ1) is 7.70. The van der Waals surface area contributed by atoms with Gasteiger partial charge in [-0.15, -0.1) is 0 Å². The molecule has 0 N–H and O–H groups in total. The monoisotopic (exact) mass is 287 g/mol. The zero-order valence-electron chi connectivity index (χ0n) is 9.11. The van der Waals surface area contributed by atoms with Crippen LogP contribution in [0.5, 0.6) is 0 Å². The van der Waals surface area contributed by atoms with Gasteiger partial charge in [0.1, 0.15) is 5.76 Å². The molecule has 0 radical (unpaired) electrons. The number of halogens is 1. The lowest BCUT2D eigenvalue weighted by atomic mass is 10.3. The van der Waals surface area contributed by atoms with Crippen LogP contribution in [0.3, 0.4) is 0 Å². The van der Waals surface area contributed by atoms with Crippen LogP contribution in [0.2, 0.25) is 0 Å². The lowest BCUT2D eigenvalue weighted by molar-refractivity contribution is -0.0108. The molecule has 0 spiro atoms. The Morgan fingerprint density at radius 2 is 2.44 bits per heavy atom. The summed E-state index contributed by atoms with van der Waals surface area (Å²) in [6, 6.07) is 3.52. The van der Waals surface area contributed by atoms with E-state index in [-0.39, 0.29) is 12.0 Å². The fourth-order valence-electron chi connectivity index (χ4n) is 1.70. The van der Waals surface area contributed by atoms with E-state index in [4.69, 9.17) is 9.15 Å². The molecule has 0 saturated carbocycles. The molecule has 1 saturated heterocycles. The minimum atomic E-state index is -0.0534. The Bertz CT molecular complexity index is 377. The molecule has 1 aliphatic rings. The van der Waals surface area contributed by atoms with Crippen molar-refractivity contribution in [3.8, 4) is 0 Å². The van der Waals surface area contributed by atoms with Gasteiger partial charge in [0.05, 0.1) is 12.7 Å². The molecule has 1 aromatic rings. The fourth-order valence-corrected chi connectivity index (χ4v) is 2.09. The predicted octanol–water partition coefficient (Wildman–Crippen LogP) is 1.82. The first-order valence-electron chi connectivity index (χ1n) is 5.24. The van der Waals surface area contributed by atoms with Crippen LogP contribution >= 0.6 is 15.9 Å². The minimum Gasteiger partial charge on any atom is -0.456 e. The van der Waals surface area contributed by atoms with E-state index in [1.807, 2.05) is 6.92 Å². The van der Waals surface area contributed by atoms with E-state index >= 15 is 0 Å². The van der Waals surface area contributed by atoms with Crippen LogP contribution in [0.25, 0.3) is 0 Å². The summed E-state index contributed by atoms with van der Waals surface area (Å²) in [7, 11) is 0. The normalized spacial score (nSPS) is 21.1. The number of alkyl halides is 1. The molecule has 16 heavy (non-hydrogen) atoms. The molecule has 1 unspecified atom stereocenters. The fraction of sp³-hybridized carbons (Fsp3) is 0.545.